The summed E-state index contributed by atoms with van der Waals surface area (Å²) < 4.78 is 0. The Kier molecular flexibility index (Phi) is 1.09. The summed E-state index contributed by atoms with van der Waals surface area (Å²) in [6.45, 7) is 9.43. The average molecular weight is 126 g/mol. The lowest BCUT2D eigenvalue weighted by Gasteiger charge is -2.48. The number of hydrogen-bond acceptors (Lipinski definition) is 0. The van der Waals surface area contributed by atoms with Gasteiger partial charge in [0.25, 0.3) is 0 Å². The van der Waals surface area contributed by atoms with E-state index in [9.17, 15) is 0 Å². The molecule has 0 aliphatic carbocycles. The van der Waals surface area contributed by atoms with Gasteiger partial charge < -0.3 is 0 Å². The van der Waals surface area contributed by atoms with Crippen LogP contribution in [0.25, 0.3) is 0 Å². The molecule has 0 bridgehead atoms. The van der Waals surface area contributed by atoms with Gasteiger partial charge in [0.05, 0.1) is 9.52 Å². The molecule has 0 unspecified atom stereocenters. The topological polar surface area (TPSA) is 0 Å². The van der Waals surface area contributed by atoms with Crippen molar-refractivity contribution in [3.05, 3.63) is 0 Å². The lowest BCUT2D eigenvalue weighted by atomic mass is 9.96. The van der Waals surface area contributed by atoms with Crippen molar-refractivity contribution in [2.24, 2.45) is 0 Å². The normalized spacial score (nSPS) is 31.5. The highest BCUT2D eigenvalue weighted by Crippen LogP contribution is 2.56. The summed E-state index contributed by atoms with van der Waals surface area (Å²) in [5, 5.41) is 1.37. The van der Waals surface area contributed by atoms with E-state index in [1.165, 1.54) is 15.9 Å². The second-order valence-electron chi connectivity index (χ2n) is 4.07. The third-order valence-corrected chi connectivity index (χ3v) is 3.27. The molecule has 0 N–H and O–H groups in total. The van der Waals surface area contributed by atoms with Crippen LogP contribution >= 0.6 is 0 Å². The van der Waals surface area contributed by atoms with Crippen molar-refractivity contribution in [2.75, 3.05) is 0 Å². The quantitative estimate of drug-likeness (QED) is 0.437. The molecule has 1 rings (SSSR count). The first-order valence-electron chi connectivity index (χ1n) is 3.21. The van der Waals surface area contributed by atoms with Crippen molar-refractivity contribution in [1.82, 2.24) is 0 Å². The Labute approximate surface area is 54.5 Å². The SMILES string of the molecule is CC1(C)CC(C)(C)[Si]1. The van der Waals surface area contributed by atoms with Crippen LogP contribution in [0.1, 0.15) is 34.1 Å². The summed E-state index contributed by atoms with van der Waals surface area (Å²) in [5.74, 6) is 0. The smallest absolute Gasteiger partial charge is 0.0517 e. The maximum Gasteiger partial charge on any atom is 0.0517 e. The number of rotatable bonds is 0. The lowest BCUT2D eigenvalue weighted by molar-refractivity contribution is 0.410. The molecule has 1 saturated heterocycles. The van der Waals surface area contributed by atoms with Crippen molar-refractivity contribution in [3.63, 3.8) is 0 Å². The van der Waals surface area contributed by atoms with Crippen molar-refractivity contribution in [2.45, 2.75) is 44.2 Å². The Bertz CT molecular complexity index is 81.0. The summed E-state index contributed by atoms with van der Waals surface area (Å²) in [4.78, 5) is 0. The van der Waals surface area contributed by atoms with E-state index in [1.807, 2.05) is 0 Å². The van der Waals surface area contributed by atoms with Gasteiger partial charge in [0.2, 0.25) is 0 Å². The van der Waals surface area contributed by atoms with Crippen LogP contribution in [0.4, 0.5) is 0 Å². The predicted octanol–water partition coefficient (Wildman–Crippen LogP) is 2.49. The standard InChI is InChI=1S/C7H14Si/c1-6(2)5-7(3,4)8-6/h5H2,1-4H3. The molecule has 8 heavy (non-hydrogen) atoms. The summed E-state index contributed by atoms with van der Waals surface area (Å²) in [6, 6.07) is 0. The molecule has 1 heteroatoms. The van der Waals surface area contributed by atoms with Crippen LogP contribution in [0.3, 0.4) is 0 Å². The first-order valence-corrected chi connectivity index (χ1v) is 4.21. The van der Waals surface area contributed by atoms with Gasteiger partial charge >= 0.3 is 0 Å². The van der Waals surface area contributed by atoms with E-state index in [0.717, 1.165) is 0 Å². The molecule has 2 radical (unpaired) electrons. The van der Waals surface area contributed by atoms with E-state index in [1.54, 1.807) is 0 Å². The van der Waals surface area contributed by atoms with Crippen molar-refractivity contribution < 1.29 is 0 Å². The minimum Gasteiger partial charge on any atom is -0.0627 e. The number of hydrogen-bond donors (Lipinski definition) is 0. The third-order valence-electron chi connectivity index (χ3n) is 1.56. The minimum atomic E-state index is 0.684. The lowest BCUT2D eigenvalue weighted by Crippen LogP contribution is -2.37. The molecular formula is C7H14Si. The van der Waals surface area contributed by atoms with Crippen LogP contribution in [-0.2, 0) is 0 Å². The van der Waals surface area contributed by atoms with Gasteiger partial charge in [0.1, 0.15) is 0 Å². The van der Waals surface area contributed by atoms with Gasteiger partial charge in [-0.2, -0.15) is 0 Å². The van der Waals surface area contributed by atoms with Gasteiger partial charge in [-0.25, -0.2) is 0 Å². The second kappa shape index (κ2) is 1.38. The van der Waals surface area contributed by atoms with Crippen LogP contribution in [0, 0.1) is 0 Å². The van der Waals surface area contributed by atoms with E-state index in [4.69, 9.17) is 0 Å². The van der Waals surface area contributed by atoms with Gasteiger partial charge in [-0.1, -0.05) is 27.7 Å². The fourth-order valence-corrected chi connectivity index (χ4v) is 4.59. The summed E-state index contributed by atoms with van der Waals surface area (Å²) in [5.41, 5.74) is 0. The second-order valence-corrected chi connectivity index (χ2v) is 7.03. The maximum atomic E-state index is 2.36. The molecule has 1 aliphatic heterocycles. The third kappa shape index (κ3) is 1.13. The maximum absolute atomic E-state index is 2.36. The summed E-state index contributed by atoms with van der Waals surface area (Å²) in [6.07, 6.45) is 1.42. The Morgan fingerprint density at radius 3 is 1.25 bits per heavy atom. The van der Waals surface area contributed by atoms with Gasteiger partial charge in [-0.05, 0) is 16.5 Å². The Morgan fingerprint density at radius 2 is 1.25 bits per heavy atom. The first-order chi connectivity index (χ1) is 3.41. The zero-order valence-corrected chi connectivity index (χ0v) is 7.21. The largest absolute Gasteiger partial charge is 0.0627 e. The molecule has 1 heterocycles. The fourth-order valence-electron chi connectivity index (χ4n) is 2.00. The van der Waals surface area contributed by atoms with Crippen LogP contribution < -0.4 is 0 Å². The Hall–Kier alpha value is 0.217. The first kappa shape index (κ1) is 6.34. The molecule has 46 valence electrons. The van der Waals surface area contributed by atoms with Crippen molar-refractivity contribution >= 4 is 9.52 Å². The average Bonchev–Trinajstić information content (AvgIpc) is 1.20. The molecule has 1 fully saturated rings. The molecule has 0 atom stereocenters. The highest BCUT2D eigenvalue weighted by atomic mass is 28.2. The van der Waals surface area contributed by atoms with Crippen LogP contribution in [0.2, 0.25) is 10.1 Å². The van der Waals surface area contributed by atoms with Gasteiger partial charge in [-0.15, -0.1) is 0 Å². The van der Waals surface area contributed by atoms with Gasteiger partial charge in [0, 0.05) is 0 Å². The highest BCUT2D eigenvalue weighted by molar-refractivity contribution is 6.48. The van der Waals surface area contributed by atoms with Crippen molar-refractivity contribution in [1.29, 1.82) is 0 Å². The Balaban J connectivity index is 2.42. The molecule has 1 aliphatic rings. The molecule has 0 saturated carbocycles. The fraction of sp³-hybridized carbons (Fsp3) is 1.00. The van der Waals surface area contributed by atoms with Gasteiger partial charge in [0.15, 0.2) is 0 Å². The zero-order chi connectivity index (χ0) is 6.41. The molecule has 0 aromatic carbocycles. The molecule has 0 spiro atoms. The van der Waals surface area contributed by atoms with Crippen LogP contribution in [0.15, 0.2) is 0 Å². The van der Waals surface area contributed by atoms with E-state index < -0.39 is 0 Å². The van der Waals surface area contributed by atoms with Crippen LogP contribution in [0.5, 0.6) is 0 Å². The Morgan fingerprint density at radius 1 is 1.00 bits per heavy atom. The molecule has 0 aromatic heterocycles. The van der Waals surface area contributed by atoms with E-state index >= 15 is 0 Å². The monoisotopic (exact) mass is 126 g/mol. The summed E-state index contributed by atoms with van der Waals surface area (Å²) in [7, 11) is 1.17. The van der Waals surface area contributed by atoms with Crippen LogP contribution in [-0.4, -0.2) is 9.52 Å². The molecule has 0 aromatic rings. The molecule has 0 nitrogen and oxygen atoms in total. The van der Waals surface area contributed by atoms with E-state index in [-0.39, 0.29) is 0 Å². The van der Waals surface area contributed by atoms with Crippen molar-refractivity contribution in [3.8, 4) is 0 Å². The summed E-state index contributed by atoms with van der Waals surface area (Å²) >= 11 is 0. The van der Waals surface area contributed by atoms with E-state index in [2.05, 4.69) is 27.7 Å². The van der Waals surface area contributed by atoms with E-state index in [0.29, 0.717) is 10.1 Å². The predicted molar refractivity (Wildman–Crippen MR) is 38.5 cm³/mol. The zero-order valence-electron chi connectivity index (χ0n) is 6.21. The molecular weight excluding hydrogens is 112 g/mol. The highest BCUT2D eigenvalue weighted by Gasteiger charge is 2.42. The molecule has 0 amide bonds. The van der Waals surface area contributed by atoms with Gasteiger partial charge in [-0.3, -0.25) is 0 Å². The minimum absolute atomic E-state index is 0.684.